The van der Waals surface area contributed by atoms with Crippen LogP contribution in [0.1, 0.15) is 16.1 Å². The Morgan fingerprint density at radius 3 is 2.35 bits per heavy atom. The minimum atomic E-state index is -0.645. The molecule has 2 N–H and O–H groups in total. The number of primary amides is 1. The molecule has 0 radical (unpaired) electrons. The average Bonchev–Trinajstić information content (AvgIpc) is 3.30. The van der Waals surface area contributed by atoms with Crippen molar-refractivity contribution in [3.63, 3.8) is 0 Å². The van der Waals surface area contributed by atoms with E-state index in [1.165, 1.54) is 12.1 Å². The zero-order valence-electron chi connectivity index (χ0n) is 17.8. The third kappa shape index (κ3) is 3.96. The maximum Gasteiger partial charge on any atom is 0.267 e. The van der Waals surface area contributed by atoms with Crippen molar-refractivity contribution in [3.05, 3.63) is 108 Å². The van der Waals surface area contributed by atoms with E-state index in [0.717, 1.165) is 16.5 Å². The van der Waals surface area contributed by atoms with Crippen LogP contribution in [0.2, 0.25) is 0 Å². The van der Waals surface area contributed by atoms with E-state index in [-0.39, 0.29) is 11.5 Å². The van der Waals surface area contributed by atoms with Crippen LogP contribution in [-0.4, -0.2) is 15.5 Å². The highest BCUT2D eigenvalue weighted by Gasteiger charge is 2.13. The molecule has 164 valence electrons. The summed E-state index contributed by atoms with van der Waals surface area (Å²) >= 11 is 0. The Morgan fingerprint density at radius 2 is 1.68 bits per heavy atom. The lowest BCUT2D eigenvalue weighted by Crippen LogP contribution is -2.14. The molecule has 0 spiro atoms. The standard InChI is InChI=1S/C27H17FN4O2/c28-19-6-10-22(11-7-19)34-21-8-4-17(5-9-21)24-14-20(15-25(31-24)27(30)33)32-13-12-23-18(16-29)2-1-3-26(23)32/h1-15H,(H2,30,33). The van der Waals surface area contributed by atoms with Crippen LogP contribution in [0.25, 0.3) is 27.8 Å². The van der Waals surface area contributed by atoms with Crippen molar-refractivity contribution in [2.24, 2.45) is 5.73 Å². The van der Waals surface area contributed by atoms with Crippen LogP contribution in [0.5, 0.6) is 11.5 Å². The molecule has 6 nitrogen and oxygen atoms in total. The predicted molar refractivity (Wildman–Crippen MR) is 126 cm³/mol. The Hall–Kier alpha value is -4.96. The van der Waals surface area contributed by atoms with Gasteiger partial charge in [-0.15, -0.1) is 0 Å². The van der Waals surface area contributed by atoms with E-state index in [0.29, 0.717) is 28.4 Å². The summed E-state index contributed by atoms with van der Waals surface area (Å²) in [5.41, 5.74) is 9.08. The first kappa shape index (κ1) is 20.9. The molecule has 0 atom stereocenters. The molecule has 0 unspecified atom stereocenters. The number of benzene rings is 3. The highest BCUT2D eigenvalue weighted by molar-refractivity contribution is 5.93. The van der Waals surface area contributed by atoms with Crippen LogP contribution in [0.15, 0.2) is 91.1 Å². The molecular formula is C27H17FN4O2. The molecule has 0 aliphatic heterocycles. The SMILES string of the molecule is N#Cc1cccc2c1ccn2-c1cc(C(N)=O)nc(-c2ccc(Oc3ccc(F)cc3)cc2)c1. The van der Waals surface area contributed by atoms with Gasteiger partial charge in [0.25, 0.3) is 5.91 Å². The number of ether oxygens (including phenoxy) is 1. The van der Waals surface area contributed by atoms with Gasteiger partial charge in [-0.3, -0.25) is 4.79 Å². The first-order valence-electron chi connectivity index (χ1n) is 10.4. The minimum absolute atomic E-state index is 0.123. The topological polar surface area (TPSA) is 93.9 Å². The first-order chi connectivity index (χ1) is 16.5. The summed E-state index contributed by atoms with van der Waals surface area (Å²) < 4.78 is 20.7. The molecule has 2 heterocycles. The molecule has 3 aromatic carbocycles. The third-order valence-electron chi connectivity index (χ3n) is 5.39. The average molecular weight is 448 g/mol. The Bertz CT molecular complexity index is 1570. The van der Waals surface area contributed by atoms with Crippen molar-refractivity contribution in [1.82, 2.24) is 9.55 Å². The van der Waals surface area contributed by atoms with Crippen LogP contribution in [0.4, 0.5) is 4.39 Å². The number of nitrogens with two attached hydrogens (primary N) is 1. The lowest BCUT2D eigenvalue weighted by atomic mass is 10.1. The predicted octanol–water partition coefficient (Wildman–Crippen LogP) is 5.59. The highest BCUT2D eigenvalue weighted by atomic mass is 19.1. The highest BCUT2D eigenvalue weighted by Crippen LogP contribution is 2.29. The van der Waals surface area contributed by atoms with Gasteiger partial charge in [-0.2, -0.15) is 5.26 Å². The number of amides is 1. The number of nitriles is 1. The number of hydrogen-bond donors (Lipinski definition) is 1. The number of pyridine rings is 1. The van der Waals surface area contributed by atoms with Crippen LogP contribution < -0.4 is 10.5 Å². The molecule has 0 bridgehead atoms. The Kier molecular flexibility index (Phi) is 5.24. The number of rotatable bonds is 5. The molecule has 0 aliphatic carbocycles. The van der Waals surface area contributed by atoms with E-state index in [1.54, 1.807) is 36.4 Å². The van der Waals surface area contributed by atoms with Crippen LogP contribution in [0.3, 0.4) is 0 Å². The monoisotopic (exact) mass is 448 g/mol. The largest absolute Gasteiger partial charge is 0.457 e. The molecule has 1 amide bonds. The van der Waals surface area contributed by atoms with Crippen molar-refractivity contribution < 1.29 is 13.9 Å². The fraction of sp³-hybridized carbons (Fsp3) is 0. The number of halogens is 1. The Labute approximate surface area is 194 Å². The van der Waals surface area contributed by atoms with Crippen LogP contribution >= 0.6 is 0 Å². The molecule has 0 saturated heterocycles. The Morgan fingerprint density at radius 1 is 0.971 bits per heavy atom. The van der Waals surface area contributed by atoms with Crippen molar-refractivity contribution in [2.75, 3.05) is 0 Å². The zero-order valence-corrected chi connectivity index (χ0v) is 17.8. The lowest BCUT2D eigenvalue weighted by molar-refractivity contribution is 0.0995. The lowest BCUT2D eigenvalue weighted by Gasteiger charge is -2.11. The van der Waals surface area contributed by atoms with Crippen LogP contribution in [0, 0.1) is 17.1 Å². The summed E-state index contributed by atoms with van der Waals surface area (Å²) in [7, 11) is 0. The summed E-state index contributed by atoms with van der Waals surface area (Å²) in [6, 6.07) is 25.9. The minimum Gasteiger partial charge on any atom is -0.457 e. The van der Waals surface area contributed by atoms with Gasteiger partial charge in [0.15, 0.2) is 0 Å². The van der Waals surface area contributed by atoms with Gasteiger partial charge in [-0.25, -0.2) is 9.37 Å². The van der Waals surface area contributed by atoms with E-state index >= 15 is 0 Å². The fourth-order valence-electron chi connectivity index (χ4n) is 3.75. The Balaban J connectivity index is 1.53. The zero-order chi connectivity index (χ0) is 23.7. The number of aromatic nitrogens is 2. The van der Waals surface area contributed by atoms with Gasteiger partial charge in [0.1, 0.15) is 23.0 Å². The van der Waals surface area contributed by atoms with Gasteiger partial charge in [0, 0.05) is 17.1 Å². The van der Waals surface area contributed by atoms with Crippen molar-refractivity contribution in [1.29, 1.82) is 5.26 Å². The summed E-state index contributed by atoms with van der Waals surface area (Å²) in [5.74, 6) is 0.107. The summed E-state index contributed by atoms with van der Waals surface area (Å²) in [6.45, 7) is 0. The number of carbonyl (C=O) groups excluding carboxylic acids is 1. The maximum absolute atomic E-state index is 13.1. The molecule has 34 heavy (non-hydrogen) atoms. The van der Waals surface area contributed by atoms with Crippen molar-refractivity contribution in [3.8, 4) is 34.5 Å². The smallest absolute Gasteiger partial charge is 0.267 e. The van der Waals surface area contributed by atoms with Gasteiger partial charge >= 0.3 is 0 Å². The summed E-state index contributed by atoms with van der Waals surface area (Å²) in [5, 5.41) is 10.2. The number of fused-ring (bicyclic) bond motifs is 1. The van der Waals surface area contributed by atoms with Gasteiger partial charge in [0.2, 0.25) is 0 Å². The second-order valence-electron chi connectivity index (χ2n) is 7.58. The number of hydrogen-bond acceptors (Lipinski definition) is 4. The molecule has 5 aromatic rings. The van der Waals surface area contributed by atoms with Gasteiger partial charge in [-0.05, 0) is 78.9 Å². The van der Waals surface area contributed by atoms with E-state index in [4.69, 9.17) is 10.5 Å². The molecule has 5 rings (SSSR count). The van der Waals surface area contributed by atoms with E-state index in [9.17, 15) is 14.4 Å². The molecule has 7 heteroatoms. The summed E-state index contributed by atoms with van der Waals surface area (Å²) in [4.78, 5) is 16.4. The molecule has 0 aliphatic rings. The third-order valence-corrected chi connectivity index (χ3v) is 5.39. The van der Waals surface area contributed by atoms with E-state index in [1.807, 2.05) is 47.2 Å². The van der Waals surface area contributed by atoms with E-state index in [2.05, 4.69) is 11.1 Å². The van der Waals surface area contributed by atoms with Gasteiger partial charge in [-0.1, -0.05) is 6.07 Å². The first-order valence-corrected chi connectivity index (χ1v) is 10.4. The van der Waals surface area contributed by atoms with Crippen molar-refractivity contribution >= 4 is 16.8 Å². The fourth-order valence-corrected chi connectivity index (χ4v) is 3.75. The van der Waals surface area contributed by atoms with Crippen LogP contribution in [-0.2, 0) is 0 Å². The quantitative estimate of drug-likeness (QED) is 0.379. The molecule has 0 saturated carbocycles. The molecular weight excluding hydrogens is 431 g/mol. The number of nitrogens with zero attached hydrogens (tertiary/aromatic N) is 3. The van der Waals surface area contributed by atoms with Crippen molar-refractivity contribution in [2.45, 2.75) is 0 Å². The molecule has 0 fully saturated rings. The van der Waals surface area contributed by atoms with Gasteiger partial charge < -0.3 is 15.0 Å². The normalized spacial score (nSPS) is 10.7. The number of carbonyl (C=O) groups is 1. The second kappa shape index (κ2) is 8.52. The van der Waals surface area contributed by atoms with E-state index < -0.39 is 5.91 Å². The maximum atomic E-state index is 13.1. The summed E-state index contributed by atoms with van der Waals surface area (Å²) in [6.07, 6.45) is 1.84. The van der Waals surface area contributed by atoms with Gasteiger partial charge in [0.05, 0.1) is 28.5 Å². The second-order valence-corrected chi connectivity index (χ2v) is 7.58. The molecule has 2 aromatic heterocycles.